The molecule has 17 heavy (non-hydrogen) atoms. The maximum atomic E-state index is 11.3. The van der Waals surface area contributed by atoms with Crippen LogP contribution in [-0.2, 0) is 0 Å². The Labute approximate surface area is 102 Å². The van der Waals surface area contributed by atoms with Gasteiger partial charge in [-0.25, -0.2) is 4.98 Å². The largest absolute Gasteiger partial charge is 0.497 e. The highest BCUT2D eigenvalue weighted by Crippen LogP contribution is 2.29. The van der Waals surface area contributed by atoms with Crippen molar-refractivity contribution in [2.24, 2.45) is 0 Å². The summed E-state index contributed by atoms with van der Waals surface area (Å²) in [5.41, 5.74) is 6.21. The van der Waals surface area contributed by atoms with Gasteiger partial charge in [-0.1, -0.05) is 11.6 Å². The van der Waals surface area contributed by atoms with E-state index in [4.69, 9.17) is 22.1 Å². The first-order chi connectivity index (χ1) is 8.10. The average molecular weight is 252 g/mol. The van der Waals surface area contributed by atoms with Crippen molar-refractivity contribution in [3.05, 3.63) is 39.6 Å². The first kappa shape index (κ1) is 11.5. The van der Waals surface area contributed by atoms with Gasteiger partial charge < -0.3 is 10.5 Å². The Morgan fingerprint density at radius 3 is 2.76 bits per heavy atom. The van der Waals surface area contributed by atoms with E-state index >= 15 is 0 Å². The molecule has 0 fully saturated rings. The number of nitrogens with zero attached hydrogens (tertiary/aromatic N) is 1. The molecule has 0 bridgehead atoms. The summed E-state index contributed by atoms with van der Waals surface area (Å²) in [6.07, 6.45) is 0. The number of rotatable bonds is 2. The number of hydrogen-bond acceptors (Lipinski definition) is 4. The SMILES string of the molecule is COc1ccc(-c2cc(=O)[nH]c(N)n2)c(Cl)c1. The minimum absolute atomic E-state index is 0.0550. The number of aromatic amines is 1. The van der Waals surface area contributed by atoms with Crippen LogP contribution < -0.4 is 16.0 Å². The smallest absolute Gasteiger partial charge is 0.252 e. The summed E-state index contributed by atoms with van der Waals surface area (Å²) >= 11 is 6.07. The van der Waals surface area contributed by atoms with Gasteiger partial charge in [0, 0.05) is 11.6 Å². The molecule has 3 N–H and O–H groups in total. The molecular weight excluding hydrogens is 242 g/mol. The van der Waals surface area contributed by atoms with Gasteiger partial charge in [0.05, 0.1) is 17.8 Å². The Morgan fingerprint density at radius 1 is 1.41 bits per heavy atom. The van der Waals surface area contributed by atoms with Gasteiger partial charge in [-0.3, -0.25) is 9.78 Å². The van der Waals surface area contributed by atoms with E-state index in [2.05, 4.69) is 9.97 Å². The quantitative estimate of drug-likeness (QED) is 0.851. The van der Waals surface area contributed by atoms with Gasteiger partial charge in [0.2, 0.25) is 5.95 Å². The van der Waals surface area contributed by atoms with Gasteiger partial charge in [0.25, 0.3) is 5.56 Å². The molecule has 2 rings (SSSR count). The third-order valence-electron chi connectivity index (χ3n) is 2.21. The molecule has 2 aromatic rings. The number of anilines is 1. The monoisotopic (exact) mass is 251 g/mol. The molecule has 0 spiro atoms. The molecular formula is C11H10ClN3O2. The second kappa shape index (κ2) is 4.47. The second-order valence-corrected chi connectivity index (χ2v) is 3.77. The van der Waals surface area contributed by atoms with E-state index in [0.29, 0.717) is 22.0 Å². The summed E-state index contributed by atoms with van der Waals surface area (Å²) in [4.78, 5) is 17.7. The highest BCUT2D eigenvalue weighted by atomic mass is 35.5. The number of ether oxygens (including phenoxy) is 1. The number of nitrogens with one attached hydrogen (secondary N) is 1. The van der Waals surface area contributed by atoms with Crippen LogP contribution in [0.4, 0.5) is 5.95 Å². The van der Waals surface area contributed by atoms with Crippen LogP contribution >= 0.6 is 11.6 Å². The molecule has 0 saturated carbocycles. The Balaban J connectivity index is 2.56. The zero-order valence-electron chi connectivity index (χ0n) is 9.03. The molecule has 0 radical (unpaired) electrons. The maximum Gasteiger partial charge on any atom is 0.252 e. The van der Waals surface area contributed by atoms with E-state index in [1.165, 1.54) is 6.07 Å². The summed E-state index contributed by atoms with van der Waals surface area (Å²) in [5, 5.41) is 0.446. The van der Waals surface area contributed by atoms with Crippen LogP contribution in [0, 0.1) is 0 Å². The highest BCUT2D eigenvalue weighted by molar-refractivity contribution is 6.33. The summed E-state index contributed by atoms with van der Waals surface area (Å²) in [5.74, 6) is 0.691. The lowest BCUT2D eigenvalue weighted by Gasteiger charge is -2.06. The van der Waals surface area contributed by atoms with E-state index in [-0.39, 0.29) is 11.5 Å². The Kier molecular flexibility index (Phi) is 3.01. The fourth-order valence-electron chi connectivity index (χ4n) is 1.44. The first-order valence-corrected chi connectivity index (χ1v) is 5.18. The van der Waals surface area contributed by atoms with Gasteiger partial charge in [-0.05, 0) is 18.2 Å². The predicted octanol–water partition coefficient (Wildman–Crippen LogP) is 1.68. The predicted molar refractivity (Wildman–Crippen MR) is 66.3 cm³/mol. The minimum Gasteiger partial charge on any atom is -0.497 e. The number of methoxy groups -OCH3 is 1. The number of nitrogen functional groups attached to an aromatic ring is 1. The number of hydrogen-bond donors (Lipinski definition) is 2. The number of nitrogens with two attached hydrogens (primary N) is 1. The van der Waals surface area contributed by atoms with Gasteiger partial charge >= 0.3 is 0 Å². The number of benzene rings is 1. The van der Waals surface area contributed by atoms with Gasteiger partial charge in [0.15, 0.2) is 0 Å². The third-order valence-corrected chi connectivity index (χ3v) is 2.52. The number of aromatic nitrogens is 2. The molecule has 6 heteroatoms. The van der Waals surface area contributed by atoms with Crippen LogP contribution in [0.25, 0.3) is 11.3 Å². The molecule has 0 atom stereocenters. The molecule has 0 amide bonds. The van der Waals surface area contributed by atoms with Crippen molar-refractivity contribution in [3.63, 3.8) is 0 Å². The first-order valence-electron chi connectivity index (χ1n) is 4.81. The number of halogens is 1. The number of H-pyrrole nitrogens is 1. The van der Waals surface area contributed by atoms with Crippen LogP contribution in [0.1, 0.15) is 0 Å². The minimum atomic E-state index is -0.320. The second-order valence-electron chi connectivity index (χ2n) is 3.36. The Bertz CT molecular complexity index is 610. The molecule has 0 saturated heterocycles. The van der Waals surface area contributed by atoms with Gasteiger partial charge in [-0.15, -0.1) is 0 Å². The highest BCUT2D eigenvalue weighted by Gasteiger charge is 2.08. The van der Waals surface area contributed by atoms with Crippen molar-refractivity contribution in [1.82, 2.24) is 9.97 Å². The topological polar surface area (TPSA) is 81.0 Å². The molecule has 5 nitrogen and oxygen atoms in total. The van der Waals surface area contributed by atoms with E-state index < -0.39 is 0 Å². The molecule has 0 aliphatic rings. The lowest BCUT2D eigenvalue weighted by Crippen LogP contribution is -2.10. The van der Waals surface area contributed by atoms with Crippen LogP contribution in [-0.4, -0.2) is 17.1 Å². The lowest BCUT2D eigenvalue weighted by molar-refractivity contribution is 0.415. The summed E-state index contributed by atoms with van der Waals surface area (Å²) in [6.45, 7) is 0. The van der Waals surface area contributed by atoms with E-state index in [0.717, 1.165) is 0 Å². The van der Waals surface area contributed by atoms with Crippen LogP contribution in [0.15, 0.2) is 29.1 Å². The van der Waals surface area contributed by atoms with E-state index in [1.807, 2.05) is 0 Å². The summed E-state index contributed by atoms with van der Waals surface area (Å²) < 4.78 is 5.04. The fraction of sp³-hybridized carbons (Fsp3) is 0.0909. The normalized spacial score (nSPS) is 10.2. The molecule has 1 aromatic carbocycles. The van der Waals surface area contributed by atoms with Crippen molar-refractivity contribution in [1.29, 1.82) is 0 Å². The van der Waals surface area contributed by atoms with Crippen LogP contribution in [0.2, 0.25) is 5.02 Å². The van der Waals surface area contributed by atoms with Crippen LogP contribution in [0.5, 0.6) is 5.75 Å². The van der Waals surface area contributed by atoms with Crippen molar-refractivity contribution in [2.75, 3.05) is 12.8 Å². The van der Waals surface area contributed by atoms with Crippen molar-refractivity contribution < 1.29 is 4.74 Å². The molecule has 1 aromatic heterocycles. The molecule has 88 valence electrons. The zero-order chi connectivity index (χ0) is 12.4. The molecule has 0 aliphatic carbocycles. The van der Waals surface area contributed by atoms with Gasteiger partial charge in [0.1, 0.15) is 5.75 Å². The molecule has 0 aliphatic heterocycles. The van der Waals surface area contributed by atoms with Crippen molar-refractivity contribution in [2.45, 2.75) is 0 Å². The van der Waals surface area contributed by atoms with E-state index in [1.54, 1.807) is 25.3 Å². The van der Waals surface area contributed by atoms with Crippen molar-refractivity contribution in [3.8, 4) is 17.0 Å². The van der Waals surface area contributed by atoms with Gasteiger partial charge in [-0.2, -0.15) is 0 Å². The van der Waals surface area contributed by atoms with Crippen molar-refractivity contribution >= 4 is 17.5 Å². The fourth-order valence-corrected chi connectivity index (χ4v) is 1.71. The Hall–Kier alpha value is -2.01. The standard InChI is InChI=1S/C11H10ClN3O2/c1-17-6-2-3-7(8(12)4-6)9-5-10(16)15-11(13)14-9/h2-5H,1H3,(H3,13,14,15,16). The maximum absolute atomic E-state index is 11.3. The lowest BCUT2D eigenvalue weighted by atomic mass is 10.1. The molecule has 1 heterocycles. The molecule has 0 unspecified atom stereocenters. The Morgan fingerprint density at radius 2 is 2.18 bits per heavy atom. The zero-order valence-corrected chi connectivity index (χ0v) is 9.78. The summed E-state index contributed by atoms with van der Waals surface area (Å²) in [7, 11) is 1.55. The van der Waals surface area contributed by atoms with Crippen LogP contribution in [0.3, 0.4) is 0 Å². The van der Waals surface area contributed by atoms with E-state index in [9.17, 15) is 4.79 Å². The summed E-state index contributed by atoms with van der Waals surface area (Å²) in [6, 6.07) is 6.45. The third kappa shape index (κ3) is 2.39. The average Bonchev–Trinajstić information content (AvgIpc) is 2.27.